The van der Waals surface area contributed by atoms with Gasteiger partial charge >= 0.3 is 11.9 Å². The van der Waals surface area contributed by atoms with Gasteiger partial charge in [0.05, 0.1) is 26.9 Å². The summed E-state index contributed by atoms with van der Waals surface area (Å²) in [6, 6.07) is 4.75. The van der Waals surface area contributed by atoms with Crippen LogP contribution in [-0.2, 0) is 14.3 Å². The highest BCUT2D eigenvalue weighted by Crippen LogP contribution is 2.33. The van der Waals surface area contributed by atoms with E-state index in [1.54, 1.807) is 19.1 Å². The van der Waals surface area contributed by atoms with E-state index in [1.807, 2.05) is 6.92 Å². The van der Waals surface area contributed by atoms with E-state index in [0.717, 1.165) is 10.4 Å². The molecule has 0 fully saturated rings. The maximum absolute atomic E-state index is 12.3. The SMILES string of the molecule is COC(=O)c1c(NC(=O)COC(=O)c2cccc(OC)c2OC)sc(C)c1C. The summed E-state index contributed by atoms with van der Waals surface area (Å²) in [4.78, 5) is 37.4. The minimum atomic E-state index is -0.738. The molecule has 1 aromatic heterocycles. The molecule has 1 N–H and O–H groups in total. The number of amides is 1. The highest BCUT2D eigenvalue weighted by molar-refractivity contribution is 7.16. The Morgan fingerprint density at radius 2 is 1.75 bits per heavy atom. The Labute approximate surface area is 166 Å². The van der Waals surface area contributed by atoms with Crippen molar-refractivity contribution in [2.75, 3.05) is 33.3 Å². The van der Waals surface area contributed by atoms with Crippen molar-refractivity contribution in [3.8, 4) is 11.5 Å². The number of rotatable bonds is 7. The third kappa shape index (κ3) is 4.42. The maximum atomic E-state index is 12.3. The number of carbonyl (C=O) groups is 3. The Hall–Kier alpha value is -3.07. The lowest BCUT2D eigenvalue weighted by Crippen LogP contribution is -2.22. The Morgan fingerprint density at radius 3 is 2.36 bits per heavy atom. The summed E-state index contributed by atoms with van der Waals surface area (Å²) >= 11 is 1.24. The summed E-state index contributed by atoms with van der Waals surface area (Å²) < 4.78 is 20.2. The molecule has 28 heavy (non-hydrogen) atoms. The zero-order valence-corrected chi connectivity index (χ0v) is 17.0. The third-order valence-corrected chi connectivity index (χ3v) is 5.11. The number of carbonyl (C=O) groups excluding carboxylic acids is 3. The van der Waals surface area contributed by atoms with E-state index in [2.05, 4.69) is 5.32 Å². The van der Waals surface area contributed by atoms with Crippen LogP contribution in [0.4, 0.5) is 5.00 Å². The zero-order valence-electron chi connectivity index (χ0n) is 16.2. The van der Waals surface area contributed by atoms with Crippen molar-refractivity contribution in [2.45, 2.75) is 13.8 Å². The largest absolute Gasteiger partial charge is 0.493 e. The van der Waals surface area contributed by atoms with Crippen LogP contribution >= 0.6 is 11.3 Å². The van der Waals surface area contributed by atoms with Crippen molar-refractivity contribution in [1.29, 1.82) is 0 Å². The smallest absolute Gasteiger partial charge is 0.342 e. The summed E-state index contributed by atoms with van der Waals surface area (Å²) in [5, 5.41) is 2.94. The number of hydrogen-bond donors (Lipinski definition) is 1. The van der Waals surface area contributed by atoms with Crippen molar-refractivity contribution < 1.29 is 33.3 Å². The first-order chi connectivity index (χ1) is 13.3. The van der Waals surface area contributed by atoms with E-state index in [4.69, 9.17) is 18.9 Å². The number of hydrogen-bond acceptors (Lipinski definition) is 8. The lowest BCUT2D eigenvalue weighted by atomic mass is 10.1. The number of anilines is 1. The number of thiophene rings is 1. The van der Waals surface area contributed by atoms with Crippen LogP contribution in [0.15, 0.2) is 18.2 Å². The molecule has 1 heterocycles. The minimum absolute atomic E-state index is 0.132. The fraction of sp³-hybridized carbons (Fsp3) is 0.316. The van der Waals surface area contributed by atoms with Crippen LogP contribution in [0.1, 0.15) is 31.2 Å². The van der Waals surface area contributed by atoms with Gasteiger partial charge in [-0.1, -0.05) is 6.07 Å². The number of esters is 2. The lowest BCUT2D eigenvalue weighted by molar-refractivity contribution is -0.119. The molecular weight excluding hydrogens is 386 g/mol. The Bertz CT molecular complexity index is 904. The van der Waals surface area contributed by atoms with Gasteiger partial charge in [-0.2, -0.15) is 0 Å². The fourth-order valence-electron chi connectivity index (χ4n) is 2.48. The molecule has 0 saturated carbocycles. The molecule has 0 bridgehead atoms. The second-order valence-corrected chi connectivity index (χ2v) is 6.87. The number of methoxy groups -OCH3 is 3. The van der Waals surface area contributed by atoms with Gasteiger partial charge in [0.1, 0.15) is 10.6 Å². The summed E-state index contributed by atoms with van der Waals surface area (Å²) in [6.07, 6.45) is 0. The van der Waals surface area contributed by atoms with E-state index in [-0.39, 0.29) is 11.3 Å². The average Bonchev–Trinajstić information content (AvgIpc) is 2.97. The molecule has 0 aliphatic heterocycles. The van der Waals surface area contributed by atoms with Crippen LogP contribution < -0.4 is 14.8 Å². The van der Waals surface area contributed by atoms with Crippen molar-refractivity contribution in [3.63, 3.8) is 0 Å². The molecule has 9 heteroatoms. The first-order valence-electron chi connectivity index (χ1n) is 8.20. The lowest BCUT2D eigenvalue weighted by Gasteiger charge is -2.12. The second-order valence-electron chi connectivity index (χ2n) is 5.64. The molecule has 0 spiro atoms. The molecule has 0 unspecified atom stereocenters. The highest BCUT2D eigenvalue weighted by atomic mass is 32.1. The van der Waals surface area contributed by atoms with Crippen LogP contribution in [0.5, 0.6) is 11.5 Å². The number of nitrogens with one attached hydrogen (secondary N) is 1. The first-order valence-corrected chi connectivity index (χ1v) is 9.01. The van der Waals surface area contributed by atoms with Crippen LogP contribution in [0.3, 0.4) is 0 Å². The van der Waals surface area contributed by atoms with Crippen LogP contribution in [-0.4, -0.2) is 45.8 Å². The molecule has 2 rings (SSSR count). The monoisotopic (exact) mass is 407 g/mol. The third-order valence-electron chi connectivity index (χ3n) is 3.98. The van der Waals surface area contributed by atoms with E-state index in [0.29, 0.717) is 16.3 Å². The maximum Gasteiger partial charge on any atom is 0.342 e. The summed E-state index contributed by atoms with van der Waals surface area (Å²) in [6.45, 7) is 3.07. The van der Waals surface area contributed by atoms with Gasteiger partial charge in [0.25, 0.3) is 5.91 Å². The van der Waals surface area contributed by atoms with E-state index in [1.165, 1.54) is 38.7 Å². The van der Waals surface area contributed by atoms with Crippen LogP contribution in [0, 0.1) is 13.8 Å². The van der Waals surface area contributed by atoms with Crippen LogP contribution in [0.25, 0.3) is 0 Å². The number of benzene rings is 1. The second kappa shape index (κ2) is 9.23. The molecule has 0 radical (unpaired) electrons. The first kappa shape index (κ1) is 21.2. The van der Waals surface area contributed by atoms with E-state index in [9.17, 15) is 14.4 Å². The van der Waals surface area contributed by atoms with Gasteiger partial charge in [0, 0.05) is 4.88 Å². The van der Waals surface area contributed by atoms with Gasteiger partial charge < -0.3 is 24.3 Å². The predicted octanol–water partition coefficient (Wildman–Crippen LogP) is 2.96. The van der Waals surface area contributed by atoms with E-state index < -0.39 is 24.5 Å². The molecule has 1 amide bonds. The average molecular weight is 407 g/mol. The van der Waals surface area contributed by atoms with Gasteiger partial charge in [0.2, 0.25) is 0 Å². The quantitative estimate of drug-likeness (QED) is 0.704. The minimum Gasteiger partial charge on any atom is -0.493 e. The van der Waals surface area contributed by atoms with Crippen LogP contribution in [0.2, 0.25) is 0 Å². The van der Waals surface area contributed by atoms with Gasteiger partial charge in [-0.15, -0.1) is 11.3 Å². The van der Waals surface area contributed by atoms with Crippen molar-refractivity contribution >= 4 is 34.2 Å². The molecule has 2 aromatic rings. The van der Waals surface area contributed by atoms with Crippen molar-refractivity contribution in [3.05, 3.63) is 39.8 Å². The molecule has 8 nitrogen and oxygen atoms in total. The topological polar surface area (TPSA) is 100 Å². The Kier molecular flexibility index (Phi) is 7.00. The van der Waals surface area contributed by atoms with Crippen molar-refractivity contribution in [2.24, 2.45) is 0 Å². The zero-order chi connectivity index (χ0) is 20.8. The summed E-state index contributed by atoms with van der Waals surface area (Å²) in [7, 11) is 4.12. The standard InChI is InChI=1S/C19H21NO7S/c1-10-11(2)28-17(15(10)19(23)26-5)20-14(21)9-27-18(22)12-7-6-8-13(24-3)16(12)25-4/h6-8H,9H2,1-5H3,(H,20,21). The number of para-hydroxylation sites is 1. The highest BCUT2D eigenvalue weighted by Gasteiger charge is 2.23. The Morgan fingerprint density at radius 1 is 1.04 bits per heavy atom. The van der Waals surface area contributed by atoms with Crippen molar-refractivity contribution in [1.82, 2.24) is 0 Å². The predicted molar refractivity (Wildman–Crippen MR) is 104 cm³/mol. The number of ether oxygens (including phenoxy) is 4. The molecule has 0 saturated heterocycles. The van der Waals surface area contributed by atoms with Gasteiger partial charge in [-0.05, 0) is 31.5 Å². The molecule has 0 aliphatic rings. The molecule has 150 valence electrons. The molecular formula is C19H21NO7S. The number of aryl methyl sites for hydroxylation is 1. The summed E-state index contributed by atoms with van der Waals surface area (Å²) in [5.41, 5.74) is 1.15. The molecule has 0 aliphatic carbocycles. The van der Waals surface area contributed by atoms with Gasteiger partial charge in [-0.3, -0.25) is 4.79 Å². The molecule has 0 atom stereocenters. The summed E-state index contributed by atoms with van der Waals surface area (Å²) in [5.74, 6) is -1.28. The van der Waals surface area contributed by atoms with Gasteiger partial charge in [0.15, 0.2) is 18.1 Å². The van der Waals surface area contributed by atoms with Gasteiger partial charge in [-0.25, -0.2) is 9.59 Å². The molecule has 1 aromatic carbocycles. The normalized spacial score (nSPS) is 10.2. The Balaban J connectivity index is 2.09. The fourth-order valence-corrected chi connectivity index (χ4v) is 3.55. The van der Waals surface area contributed by atoms with E-state index >= 15 is 0 Å².